The number of carbonyl (C=O) groups is 1. The molecule has 0 aliphatic rings. The summed E-state index contributed by atoms with van der Waals surface area (Å²) in [6.07, 6.45) is 0.453. The average molecular weight is 469 g/mol. The number of hydrogen-bond acceptors (Lipinski definition) is 8. The molecule has 0 saturated carbocycles. The molecule has 1 amide bonds. The normalized spacial score (nSPS) is 10.6. The molecule has 3 aromatic rings. The van der Waals surface area contributed by atoms with Gasteiger partial charge in [0.2, 0.25) is 5.91 Å². The van der Waals surface area contributed by atoms with Crippen LogP contribution in [-0.4, -0.2) is 36.8 Å². The molecule has 0 spiro atoms. The Hall–Kier alpha value is -4.08. The summed E-state index contributed by atoms with van der Waals surface area (Å²) in [5, 5.41) is 18.1. The third kappa shape index (κ3) is 6.03. The van der Waals surface area contributed by atoms with Crippen LogP contribution in [0.3, 0.4) is 0 Å². The van der Waals surface area contributed by atoms with E-state index in [2.05, 4.69) is 10.5 Å². The lowest BCUT2D eigenvalue weighted by Crippen LogP contribution is -2.27. The molecule has 34 heavy (non-hydrogen) atoms. The third-order valence-corrected chi connectivity index (χ3v) is 5.35. The van der Waals surface area contributed by atoms with Gasteiger partial charge in [-0.1, -0.05) is 17.3 Å². The van der Waals surface area contributed by atoms with Crippen molar-refractivity contribution in [2.45, 2.75) is 33.3 Å². The van der Waals surface area contributed by atoms with Crippen LogP contribution in [0.25, 0.3) is 0 Å². The van der Waals surface area contributed by atoms with Crippen molar-refractivity contribution in [3.05, 3.63) is 74.7 Å². The average Bonchev–Trinajstić information content (AvgIpc) is 3.15. The number of aryl methyl sites for hydroxylation is 2. The fraction of sp³-hybridized carbons (Fsp3) is 0.333. The maximum atomic E-state index is 12.3. The molecule has 0 saturated heterocycles. The Balaban J connectivity index is 1.52. The monoisotopic (exact) mass is 469 g/mol. The zero-order valence-electron chi connectivity index (χ0n) is 19.5. The Morgan fingerprint density at radius 1 is 1.12 bits per heavy atom. The molecule has 0 bridgehead atoms. The molecule has 180 valence electrons. The molecular weight excluding hydrogens is 442 g/mol. The maximum absolute atomic E-state index is 12.3. The highest BCUT2D eigenvalue weighted by atomic mass is 16.6. The van der Waals surface area contributed by atoms with E-state index in [0.717, 1.165) is 22.6 Å². The molecule has 0 radical (unpaired) electrons. The summed E-state index contributed by atoms with van der Waals surface area (Å²) in [6.45, 7) is 4.29. The zero-order valence-corrected chi connectivity index (χ0v) is 19.5. The summed E-state index contributed by atoms with van der Waals surface area (Å²) in [4.78, 5) is 23.3. The predicted molar refractivity (Wildman–Crippen MR) is 123 cm³/mol. The first kappa shape index (κ1) is 24.6. The lowest BCUT2D eigenvalue weighted by molar-refractivity contribution is -0.385. The van der Waals surface area contributed by atoms with Crippen LogP contribution >= 0.6 is 0 Å². The number of rotatable bonds is 11. The molecular formula is C24H27N3O7. The molecule has 1 heterocycles. The molecule has 1 aromatic heterocycles. The molecule has 0 unspecified atom stereocenters. The Kier molecular flexibility index (Phi) is 8.07. The lowest BCUT2D eigenvalue weighted by Gasteiger charge is -2.11. The second-order valence-electron chi connectivity index (χ2n) is 7.61. The first-order valence-corrected chi connectivity index (χ1v) is 10.6. The van der Waals surface area contributed by atoms with Crippen molar-refractivity contribution in [3.63, 3.8) is 0 Å². The molecule has 0 aliphatic heterocycles. The van der Waals surface area contributed by atoms with Crippen molar-refractivity contribution in [2.24, 2.45) is 0 Å². The first-order chi connectivity index (χ1) is 16.3. The van der Waals surface area contributed by atoms with Gasteiger partial charge in [-0.2, -0.15) is 0 Å². The number of methoxy groups -OCH3 is 2. The number of nitrogens with zero attached hydrogens (tertiary/aromatic N) is 2. The summed E-state index contributed by atoms with van der Waals surface area (Å²) in [6, 6.07) is 10.1. The molecule has 0 aliphatic carbocycles. The van der Waals surface area contributed by atoms with Crippen molar-refractivity contribution in [2.75, 3.05) is 20.8 Å². The second-order valence-corrected chi connectivity index (χ2v) is 7.61. The number of ether oxygens (including phenoxy) is 3. The molecule has 1 N–H and O–H groups in total. The molecule has 10 heteroatoms. The number of nitro benzene ring substituents is 1. The first-order valence-electron chi connectivity index (χ1n) is 10.6. The van der Waals surface area contributed by atoms with Crippen LogP contribution in [0.5, 0.6) is 17.2 Å². The maximum Gasteiger partial charge on any atom is 0.276 e. The smallest absolute Gasteiger partial charge is 0.276 e. The van der Waals surface area contributed by atoms with Gasteiger partial charge in [-0.25, -0.2) is 0 Å². The van der Waals surface area contributed by atoms with E-state index >= 15 is 0 Å². The van der Waals surface area contributed by atoms with E-state index in [4.69, 9.17) is 18.7 Å². The Morgan fingerprint density at radius 3 is 2.38 bits per heavy atom. The topological polar surface area (TPSA) is 126 Å². The molecule has 10 nitrogen and oxygen atoms in total. The van der Waals surface area contributed by atoms with Crippen molar-refractivity contribution in [3.8, 4) is 17.2 Å². The molecule has 0 fully saturated rings. The van der Waals surface area contributed by atoms with E-state index in [0.29, 0.717) is 23.7 Å². The lowest BCUT2D eigenvalue weighted by atomic mass is 10.1. The minimum atomic E-state index is -0.478. The highest BCUT2D eigenvalue weighted by Gasteiger charge is 2.19. The third-order valence-electron chi connectivity index (χ3n) is 5.35. The molecule has 2 aromatic carbocycles. The minimum absolute atomic E-state index is 0.0842. The van der Waals surface area contributed by atoms with Crippen molar-refractivity contribution in [1.82, 2.24) is 10.5 Å². The fourth-order valence-corrected chi connectivity index (χ4v) is 3.43. The van der Waals surface area contributed by atoms with Crippen LogP contribution in [0.2, 0.25) is 0 Å². The Labute approximate surface area is 197 Å². The number of aromatic nitrogens is 1. The zero-order chi connectivity index (χ0) is 24.7. The van der Waals surface area contributed by atoms with E-state index in [9.17, 15) is 14.9 Å². The van der Waals surface area contributed by atoms with Crippen LogP contribution in [-0.2, 0) is 24.2 Å². The van der Waals surface area contributed by atoms with E-state index in [1.807, 2.05) is 26.0 Å². The number of hydrogen-bond donors (Lipinski definition) is 1. The quantitative estimate of drug-likeness (QED) is 0.333. The van der Waals surface area contributed by atoms with Gasteiger partial charge in [0.05, 0.1) is 42.9 Å². The predicted octanol–water partition coefficient (Wildman–Crippen LogP) is 3.70. The summed E-state index contributed by atoms with van der Waals surface area (Å²) in [7, 11) is 2.88. The van der Waals surface area contributed by atoms with E-state index in [-0.39, 0.29) is 36.7 Å². The summed E-state index contributed by atoms with van der Waals surface area (Å²) in [5.41, 5.74) is 2.89. The highest BCUT2D eigenvalue weighted by molar-refractivity contribution is 5.78. The standard InChI is InChI=1S/C24H27N3O7/c1-15-20(16(2)34-26-15)14-33-19-7-5-17(6-8-19)11-24(28)25-10-9-18-12-22(31-3)23(32-4)13-21(18)27(29)30/h5-8,12-13H,9-11,14H2,1-4H3,(H,25,28). The Morgan fingerprint density at radius 2 is 1.79 bits per heavy atom. The van der Waals surface area contributed by atoms with Gasteiger partial charge in [0.15, 0.2) is 11.5 Å². The number of nitro groups is 1. The minimum Gasteiger partial charge on any atom is -0.493 e. The highest BCUT2D eigenvalue weighted by Crippen LogP contribution is 2.34. The van der Waals surface area contributed by atoms with Gasteiger partial charge in [0, 0.05) is 12.1 Å². The van der Waals surface area contributed by atoms with Gasteiger partial charge < -0.3 is 24.1 Å². The van der Waals surface area contributed by atoms with Crippen LogP contribution in [0.1, 0.15) is 28.1 Å². The number of amides is 1. The van der Waals surface area contributed by atoms with Gasteiger partial charge in [0.1, 0.15) is 18.1 Å². The summed E-state index contributed by atoms with van der Waals surface area (Å²) < 4.78 is 21.3. The SMILES string of the molecule is COc1cc(CCNC(=O)Cc2ccc(OCc3c(C)noc3C)cc2)c([N+](=O)[O-])cc1OC. The fourth-order valence-electron chi connectivity index (χ4n) is 3.43. The van der Waals surface area contributed by atoms with Gasteiger partial charge in [-0.15, -0.1) is 0 Å². The van der Waals surface area contributed by atoms with Gasteiger partial charge in [-0.05, 0) is 44.0 Å². The second kappa shape index (κ2) is 11.2. The van der Waals surface area contributed by atoms with Crippen LogP contribution in [0, 0.1) is 24.0 Å². The van der Waals surface area contributed by atoms with Crippen molar-refractivity contribution in [1.29, 1.82) is 0 Å². The van der Waals surface area contributed by atoms with Gasteiger partial charge in [0.25, 0.3) is 5.69 Å². The van der Waals surface area contributed by atoms with Gasteiger partial charge >= 0.3 is 0 Å². The van der Waals surface area contributed by atoms with E-state index < -0.39 is 4.92 Å². The molecule has 0 atom stereocenters. The molecule has 3 rings (SSSR count). The number of carbonyl (C=O) groups excluding carboxylic acids is 1. The van der Waals surface area contributed by atoms with Crippen LogP contribution in [0.4, 0.5) is 5.69 Å². The number of nitrogens with one attached hydrogen (secondary N) is 1. The van der Waals surface area contributed by atoms with Crippen LogP contribution < -0.4 is 19.5 Å². The van der Waals surface area contributed by atoms with Crippen molar-refractivity contribution >= 4 is 11.6 Å². The van der Waals surface area contributed by atoms with Crippen molar-refractivity contribution < 1.29 is 28.5 Å². The summed E-state index contributed by atoms with van der Waals surface area (Å²) in [5.74, 6) is 1.88. The van der Waals surface area contributed by atoms with E-state index in [1.165, 1.54) is 20.3 Å². The number of benzene rings is 2. The largest absolute Gasteiger partial charge is 0.493 e. The van der Waals surface area contributed by atoms with Gasteiger partial charge in [-0.3, -0.25) is 14.9 Å². The van der Waals surface area contributed by atoms with E-state index in [1.54, 1.807) is 18.2 Å². The van der Waals surface area contributed by atoms with Crippen LogP contribution in [0.15, 0.2) is 40.9 Å². The Bertz CT molecular complexity index is 1140. The summed E-state index contributed by atoms with van der Waals surface area (Å²) >= 11 is 0.